The summed E-state index contributed by atoms with van der Waals surface area (Å²) in [4.78, 5) is 0. The minimum absolute atomic E-state index is 0. The molecule has 0 aliphatic carbocycles. The molecule has 0 amide bonds. The van der Waals surface area contributed by atoms with E-state index in [1.807, 2.05) is 13.0 Å². The summed E-state index contributed by atoms with van der Waals surface area (Å²) in [7, 11) is 0. The third-order valence-electron chi connectivity index (χ3n) is 3.02. The van der Waals surface area contributed by atoms with Crippen molar-refractivity contribution >= 4 is 28.3 Å². The highest BCUT2D eigenvalue weighted by Crippen LogP contribution is 2.25. The molecule has 108 valence electrons. The third-order valence-corrected chi connectivity index (χ3v) is 3.64. The highest BCUT2D eigenvalue weighted by molar-refractivity contribution is 9.10. The maximum Gasteiger partial charge on any atom is 0.133 e. The number of benzene rings is 1. The van der Waals surface area contributed by atoms with Crippen molar-refractivity contribution in [3.05, 3.63) is 28.2 Å². The largest absolute Gasteiger partial charge is 0.493 e. The molecule has 1 N–H and O–H groups in total. The summed E-state index contributed by atoms with van der Waals surface area (Å²) in [6.07, 6.45) is 2.78. The summed E-state index contributed by atoms with van der Waals surface area (Å²) in [6, 6.07) is 6.21. The lowest BCUT2D eigenvalue weighted by atomic mass is 10.2. The average molecular weight is 351 g/mol. The second-order valence-electron chi connectivity index (χ2n) is 4.46. The van der Waals surface area contributed by atoms with Gasteiger partial charge >= 0.3 is 0 Å². The van der Waals surface area contributed by atoms with Crippen LogP contribution in [0.15, 0.2) is 22.7 Å². The molecule has 1 aromatic carbocycles. The van der Waals surface area contributed by atoms with Gasteiger partial charge in [0.05, 0.1) is 17.2 Å². The smallest absolute Gasteiger partial charge is 0.133 e. The number of ether oxygens (including phenoxy) is 2. The molecule has 5 heteroatoms. The van der Waals surface area contributed by atoms with Crippen LogP contribution in [0.2, 0.25) is 0 Å². The van der Waals surface area contributed by atoms with E-state index < -0.39 is 0 Å². The van der Waals surface area contributed by atoms with E-state index >= 15 is 0 Å². The zero-order valence-electron chi connectivity index (χ0n) is 11.2. The van der Waals surface area contributed by atoms with Gasteiger partial charge in [0.2, 0.25) is 0 Å². The average Bonchev–Trinajstić information content (AvgIpc) is 2.86. The van der Waals surface area contributed by atoms with Crippen molar-refractivity contribution < 1.29 is 9.47 Å². The number of halogens is 2. The van der Waals surface area contributed by atoms with Crippen molar-refractivity contribution in [3.63, 3.8) is 0 Å². The molecule has 0 saturated carbocycles. The highest BCUT2D eigenvalue weighted by atomic mass is 79.9. The van der Waals surface area contributed by atoms with E-state index in [0.717, 1.165) is 29.9 Å². The highest BCUT2D eigenvalue weighted by Gasteiger charge is 2.14. The van der Waals surface area contributed by atoms with E-state index in [1.54, 1.807) is 0 Å². The van der Waals surface area contributed by atoms with Crippen LogP contribution in [0.25, 0.3) is 0 Å². The zero-order chi connectivity index (χ0) is 12.8. The molecule has 0 aromatic heterocycles. The molecular weight excluding hydrogens is 330 g/mol. The van der Waals surface area contributed by atoms with Gasteiger partial charge in [0.1, 0.15) is 5.75 Å². The maximum absolute atomic E-state index is 5.57. The molecule has 1 heterocycles. The van der Waals surface area contributed by atoms with Crippen molar-refractivity contribution in [3.8, 4) is 5.75 Å². The number of rotatable bonds is 6. The predicted molar refractivity (Wildman–Crippen MR) is 83.2 cm³/mol. The Kier molecular flexibility index (Phi) is 7.76. The van der Waals surface area contributed by atoms with Gasteiger partial charge in [0, 0.05) is 19.7 Å². The Labute approximate surface area is 129 Å². The van der Waals surface area contributed by atoms with Crippen LogP contribution in [0.4, 0.5) is 0 Å². The Bertz CT molecular complexity index is 384. The second kappa shape index (κ2) is 8.80. The zero-order valence-corrected chi connectivity index (χ0v) is 13.6. The van der Waals surface area contributed by atoms with Gasteiger partial charge < -0.3 is 14.8 Å². The quantitative estimate of drug-likeness (QED) is 0.851. The summed E-state index contributed by atoms with van der Waals surface area (Å²) < 4.78 is 12.1. The van der Waals surface area contributed by atoms with Gasteiger partial charge in [-0.15, -0.1) is 12.4 Å². The summed E-state index contributed by atoms with van der Waals surface area (Å²) >= 11 is 3.53. The van der Waals surface area contributed by atoms with Crippen molar-refractivity contribution in [1.82, 2.24) is 5.32 Å². The SMILES string of the molecule is CCOc1ccc(CNCC2CCCO2)cc1Br.Cl. The Hall–Kier alpha value is -0.290. The van der Waals surface area contributed by atoms with Crippen molar-refractivity contribution in [2.75, 3.05) is 19.8 Å². The fourth-order valence-corrected chi connectivity index (χ4v) is 2.65. The van der Waals surface area contributed by atoms with Crippen molar-refractivity contribution in [1.29, 1.82) is 0 Å². The number of hydrogen-bond donors (Lipinski definition) is 1. The molecule has 1 aliphatic rings. The third kappa shape index (κ3) is 5.30. The Balaban J connectivity index is 0.00000180. The molecule has 0 bridgehead atoms. The maximum atomic E-state index is 5.57. The Morgan fingerprint density at radius 2 is 2.32 bits per heavy atom. The van der Waals surface area contributed by atoms with Crippen LogP contribution >= 0.6 is 28.3 Å². The summed E-state index contributed by atoms with van der Waals surface area (Å²) in [6.45, 7) is 5.40. The molecule has 3 nitrogen and oxygen atoms in total. The van der Waals surface area contributed by atoms with Crippen molar-refractivity contribution in [2.24, 2.45) is 0 Å². The molecule has 1 unspecified atom stereocenters. The Morgan fingerprint density at radius 3 is 2.95 bits per heavy atom. The minimum Gasteiger partial charge on any atom is -0.493 e. The van der Waals surface area contributed by atoms with Crippen LogP contribution in [0.3, 0.4) is 0 Å². The van der Waals surface area contributed by atoms with Gasteiger partial charge in [-0.2, -0.15) is 0 Å². The van der Waals surface area contributed by atoms with Crippen LogP contribution in [0, 0.1) is 0 Å². The Morgan fingerprint density at radius 1 is 1.47 bits per heavy atom. The van der Waals surface area contributed by atoms with Gasteiger partial charge in [-0.05, 0) is 53.4 Å². The van der Waals surface area contributed by atoms with Crippen molar-refractivity contribution in [2.45, 2.75) is 32.4 Å². The molecule has 19 heavy (non-hydrogen) atoms. The standard InChI is InChI=1S/C14H20BrNO2.ClH/c1-2-17-14-6-5-11(8-13(14)15)9-16-10-12-4-3-7-18-12;/h5-6,8,12,16H,2-4,7,9-10H2,1H3;1H. The molecular formula is C14H21BrClNO2. The van der Waals surface area contributed by atoms with E-state index in [1.165, 1.54) is 18.4 Å². The molecule has 1 fully saturated rings. The van der Waals surface area contributed by atoms with Gasteiger partial charge in [-0.1, -0.05) is 6.07 Å². The van der Waals surface area contributed by atoms with E-state index in [-0.39, 0.29) is 12.4 Å². The normalized spacial score (nSPS) is 18.1. The first kappa shape index (κ1) is 16.8. The molecule has 2 rings (SSSR count). The lowest BCUT2D eigenvalue weighted by Gasteiger charge is -2.12. The fourth-order valence-electron chi connectivity index (χ4n) is 2.11. The van der Waals surface area contributed by atoms with E-state index in [4.69, 9.17) is 9.47 Å². The lowest BCUT2D eigenvalue weighted by molar-refractivity contribution is 0.110. The van der Waals surface area contributed by atoms with Crippen LogP contribution in [-0.2, 0) is 11.3 Å². The van der Waals surface area contributed by atoms with E-state index in [2.05, 4.69) is 33.4 Å². The minimum atomic E-state index is 0. The first-order valence-corrected chi connectivity index (χ1v) is 7.32. The summed E-state index contributed by atoms with van der Waals surface area (Å²) in [5.41, 5.74) is 1.25. The number of nitrogens with one attached hydrogen (secondary N) is 1. The van der Waals surface area contributed by atoms with Gasteiger partial charge in [-0.25, -0.2) is 0 Å². The second-order valence-corrected chi connectivity index (χ2v) is 5.32. The van der Waals surface area contributed by atoms with Gasteiger partial charge in [0.25, 0.3) is 0 Å². The predicted octanol–water partition coefficient (Wildman–Crippen LogP) is 3.54. The van der Waals surface area contributed by atoms with Gasteiger partial charge in [0.15, 0.2) is 0 Å². The first-order chi connectivity index (χ1) is 8.79. The summed E-state index contributed by atoms with van der Waals surface area (Å²) in [5, 5.41) is 3.44. The first-order valence-electron chi connectivity index (χ1n) is 6.53. The number of hydrogen-bond acceptors (Lipinski definition) is 3. The van der Waals surface area contributed by atoms with Crippen LogP contribution < -0.4 is 10.1 Å². The lowest BCUT2D eigenvalue weighted by Crippen LogP contribution is -2.25. The molecule has 1 atom stereocenters. The monoisotopic (exact) mass is 349 g/mol. The van der Waals surface area contributed by atoms with E-state index in [0.29, 0.717) is 12.7 Å². The van der Waals surface area contributed by atoms with Crippen LogP contribution in [0.1, 0.15) is 25.3 Å². The van der Waals surface area contributed by atoms with Crippen LogP contribution in [0.5, 0.6) is 5.75 Å². The molecule has 0 radical (unpaired) electrons. The van der Waals surface area contributed by atoms with Gasteiger partial charge in [-0.3, -0.25) is 0 Å². The summed E-state index contributed by atoms with van der Waals surface area (Å²) in [5.74, 6) is 0.903. The van der Waals surface area contributed by atoms with E-state index in [9.17, 15) is 0 Å². The fraction of sp³-hybridized carbons (Fsp3) is 0.571. The topological polar surface area (TPSA) is 30.5 Å². The molecule has 1 aliphatic heterocycles. The molecule has 1 aromatic rings. The van der Waals surface area contributed by atoms with Crippen LogP contribution in [-0.4, -0.2) is 25.9 Å². The molecule has 0 spiro atoms. The molecule has 1 saturated heterocycles.